The van der Waals surface area contributed by atoms with Gasteiger partial charge in [-0.05, 0) is 30.5 Å². The van der Waals surface area contributed by atoms with Gasteiger partial charge in [0, 0.05) is 12.4 Å². The molecule has 35 heavy (non-hydrogen) atoms. The van der Waals surface area contributed by atoms with E-state index in [1.807, 2.05) is 108 Å². The summed E-state index contributed by atoms with van der Waals surface area (Å²) in [4.78, 5) is 28.4. The van der Waals surface area contributed by atoms with Crippen LogP contribution in [-0.2, 0) is 19.1 Å². The molecule has 0 aromatic heterocycles. The number of hydrogen-bond acceptors (Lipinski definition) is 5. The molecule has 3 aromatic carbocycles. The Balaban J connectivity index is 1.91. The number of nitrogens with zero attached hydrogens (tertiary/aromatic N) is 1. The Labute approximate surface area is 206 Å². The molecule has 0 radical (unpaired) electrons. The predicted octanol–water partition coefficient (Wildman–Crippen LogP) is 5.77. The van der Waals surface area contributed by atoms with E-state index in [1.165, 1.54) is 0 Å². The zero-order valence-electron chi connectivity index (χ0n) is 20.0. The lowest BCUT2D eigenvalue weighted by Crippen LogP contribution is -2.31. The van der Waals surface area contributed by atoms with E-state index in [0.29, 0.717) is 11.1 Å². The van der Waals surface area contributed by atoms with Gasteiger partial charge >= 0.3 is 11.9 Å². The van der Waals surface area contributed by atoms with Crippen LogP contribution >= 0.6 is 0 Å². The minimum atomic E-state index is -0.599. The SMILES string of the molecule is CCOC(=O)C1=CN(C(c2ccccc2)c2ccccc2)C=C(C(=O)OCC)C1c1ccccc1. The lowest BCUT2D eigenvalue weighted by molar-refractivity contribution is -0.139. The minimum Gasteiger partial charge on any atom is -0.463 e. The van der Waals surface area contributed by atoms with Crippen molar-refractivity contribution in [3.05, 3.63) is 131 Å². The average molecular weight is 468 g/mol. The van der Waals surface area contributed by atoms with E-state index in [9.17, 15) is 9.59 Å². The predicted molar refractivity (Wildman–Crippen MR) is 135 cm³/mol. The van der Waals surface area contributed by atoms with Gasteiger partial charge in [-0.3, -0.25) is 0 Å². The van der Waals surface area contributed by atoms with E-state index in [-0.39, 0.29) is 19.3 Å². The molecule has 5 heteroatoms. The first kappa shape index (κ1) is 24.0. The summed E-state index contributed by atoms with van der Waals surface area (Å²) in [5.41, 5.74) is 3.65. The van der Waals surface area contributed by atoms with Crippen LogP contribution in [0.4, 0.5) is 0 Å². The average Bonchev–Trinajstić information content (AvgIpc) is 2.90. The Morgan fingerprint density at radius 1 is 0.686 bits per heavy atom. The second kappa shape index (κ2) is 11.3. The van der Waals surface area contributed by atoms with E-state index >= 15 is 0 Å². The molecule has 0 amide bonds. The fourth-order valence-electron chi connectivity index (χ4n) is 4.41. The van der Waals surface area contributed by atoms with Crippen LogP contribution in [0, 0.1) is 0 Å². The highest BCUT2D eigenvalue weighted by Crippen LogP contribution is 2.41. The fraction of sp³-hybridized carbons (Fsp3) is 0.200. The van der Waals surface area contributed by atoms with Crippen molar-refractivity contribution in [3.8, 4) is 0 Å². The lowest BCUT2D eigenvalue weighted by atomic mass is 9.82. The summed E-state index contributed by atoms with van der Waals surface area (Å²) < 4.78 is 10.9. The second-order valence-corrected chi connectivity index (χ2v) is 8.12. The molecule has 1 heterocycles. The molecule has 4 rings (SSSR count). The van der Waals surface area contributed by atoms with Crippen LogP contribution < -0.4 is 0 Å². The van der Waals surface area contributed by atoms with Crippen molar-refractivity contribution in [2.45, 2.75) is 25.8 Å². The van der Waals surface area contributed by atoms with E-state index in [1.54, 1.807) is 13.8 Å². The zero-order chi connectivity index (χ0) is 24.6. The maximum absolute atomic E-state index is 13.3. The second-order valence-electron chi connectivity index (χ2n) is 8.12. The molecule has 1 aliphatic heterocycles. The monoisotopic (exact) mass is 467 g/mol. The van der Waals surface area contributed by atoms with E-state index < -0.39 is 17.9 Å². The maximum atomic E-state index is 13.3. The molecule has 0 bridgehead atoms. The molecule has 5 nitrogen and oxygen atoms in total. The van der Waals surface area contributed by atoms with E-state index in [2.05, 4.69) is 0 Å². The topological polar surface area (TPSA) is 55.8 Å². The number of esters is 2. The van der Waals surface area contributed by atoms with Gasteiger partial charge in [0.05, 0.1) is 36.3 Å². The first-order chi connectivity index (χ1) is 17.1. The standard InChI is InChI=1S/C30H29NO4/c1-3-34-29(32)25-20-31(28(23-16-10-6-11-17-23)24-18-12-7-13-19-24)21-26(30(33)35-4-2)27(25)22-14-8-5-9-15-22/h5-21,27-28H,3-4H2,1-2H3. The normalized spacial score (nSPS) is 13.7. The van der Waals surface area contributed by atoms with Crippen LogP contribution in [-0.4, -0.2) is 30.1 Å². The van der Waals surface area contributed by atoms with Crippen LogP contribution in [0.25, 0.3) is 0 Å². The molecule has 178 valence electrons. The molecule has 0 unspecified atom stereocenters. The van der Waals surface area contributed by atoms with Crippen LogP contribution in [0.3, 0.4) is 0 Å². The Bertz CT molecular complexity index is 1130. The van der Waals surface area contributed by atoms with Gasteiger partial charge in [-0.2, -0.15) is 0 Å². The van der Waals surface area contributed by atoms with Crippen molar-refractivity contribution in [1.29, 1.82) is 0 Å². The third-order valence-electron chi connectivity index (χ3n) is 5.88. The summed E-state index contributed by atoms with van der Waals surface area (Å²) in [6.07, 6.45) is 3.62. The van der Waals surface area contributed by atoms with Gasteiger partial charge in [-0.15, -0.1) is 0 Å². The first-order valence-electron chi connectivity index (χ1n) is 11.8. The molecule has 0 fully saturated rings. The van der Waals surface area contributed by atoms with Crippen LogP contribution in [0.1, 0.15) is 42.5 Å². The summed E-state index contributed by atoms with van der Waals surface area (Å²) in [6, 6.07) is 29.3. The Hall–Kier alpha value is -4.12. The van der Waals surface area contributed by atoms with Crippen molar-refractivity contribution >= 4 is 11.9 Å². The van der Waals surface area contributed by atoms with E-state index in [0.717, 1.165) is 16.7 Å². The summed E-state index contributed by atoms with van der Waals surface area (Å²) in [6.45, 7) is 4.01. The number of ether oxygens (including phenoxy) is 2. The summed E-state index contributed by atoms with van der Waals surface area (Å²) in [5, 5.41) is 0. The van der Waals surface area contributed by atoms with E-state index in [4.69, 9.17) is 9.47 Å². The van der Waals surface area contributed by atoms with Gasteiger partial charge in [0.1, 0.15) is 0 Å². The molecule has 0 spiro atoms. The third-order valence-corrected chi connectivity index (χ3v) is 5.88. The molecular weight excluding hydrogens is 438 g/mol. The Morgan fingerprint density at radius 2 is 1.09 bits per heavy atom. The van der Waals surface area contributed by atoms with Crippen molar-refractivity contribution < 1.29 is 19.1 Å². The molecule has 0 atom stereocenters. The molecule has 1 aliphatic rings. The fourth-order valence-corrected chi connectivity index (χ4v) is 4.41. The smallest absolute Gasteiger partial charge is 0.336 e. The molecule has 0 saturated heterocycles. The Morgan fingerprint density at radius 3 is 1.49 bits per heavy atom. The van der Waals surface area contributed by atoms with Crippen molar-refractivity contribution in [3.63, 3.8) is 0 Å². The summed E-state index contributed by atoms with van der Waals surface area (Å²) in [7, 11) is 0. The highest BCUT2D eigenvalue weighted by Gasteiger charge is 2.37. The van der Waals surface area contributed by atoms with Crippen LogP contribution in [0.2, 0.25) is 0 Å². The van der Waals surface area contributed by atoms with Gasteiger partial charge in [-0.25, -0.2) is 9.59 Å². The number of rotatable bonds is 8. The molecular formula is C30H29NO4. The number of hydrogen-bond donors (Lipinski definition) is 0. The summed E-state index contributed by atoms with van der Waals surface area (Å²) >= 11 is 0. The third kappa shape index (κ3) is 5.35. The molecule has 0 N–H and O–H groups in total. The highest BCUT2D eigenvalue weighted by molar-refractivity contribution is 5.98. The van der Waals surface area contributed by atoms with Crippen molar-refractivity contribution in [2.75, 3.05) is 13.2 Å². The number of carbonyl (C=O) groups excluding carboxylic acids is 2. The number of benzene rings is 3. The first-order valence-corrected chi connectivity index (χ1v) is 11.8. The molecule has 3 aromatic rings. The molecule has 0 aliphatic carbocycles. The van der Waals surface area contributed by atoms with Gasteiger partial charge < -0.3 is 14.4 Å². The minimum absolute atomic E-state index is 0.233. The van der Waals surface area contributed by atoms with Crippen LogP contribution in [0.15, 0.2) is 115 Å². The van der Waals surface area contributed by atoms with Crippen molar-refractivity contribution in [1.82, 2.24) is 4.90 Å². The Kier molecular flexibility index (Phi) is 7.78. The van der Waals surface area contributed by atoms with Crippen LogP contribution in [0.5, 0.6) is 0 Å². The van der Waals surface area contributed by atoms with Crippen molar-refractivity contribution in [2.24, 2.45) is 0 Å². The maximum Gasteiger partial charge on any atom is 0.336 e. The zero-order valence-corrected chi connectivity index (χ0v) is 20.0. The largest absolute Gasteiger partial charge is 0.463 e. The molecule has 0 saturated carbocycles. The van der Waals surface area contributed by atoms with Gasteiger partial charge in [0.25, 0.3) is 0 Å². The lowest BCUT2D eigenvalue weighted by Gasteiger charge is -2.35. The van der Waals surface area contributed by atoms with Gasteiger partial charge in [0.2, 0.25) is 0 Å². The summed E-state index contributed by atoms with van der Waals surface area (Å²) in [5.74, 6) is -1.51. The van der Waals surface area contributed by atoms with Gasteiger partial charge in [-0.1, -0.05) is 91.0 Å². The van der Waals surface area contributed by atoms with Gasteiger partial charge in [0.15, 0.2) is 0 Å². The highest BCUT2D eigenvalue weighted by atomic mass is 16.5. The number of carbonyl (C=O) groups is 2. The quantitative estimate of drug-likeness (QED) is 0.394.